The molecule has 0 amide bonds. The summed E-state index contributed by atoms with van der Waals surface area (Å²) in [7, 11) is 0. The summed E-state index contributed by atoms with van der Waals surface area (Å²) in [6, 6.07) is 15.1. The van der Waals surface area contributed by atoms with Gasteiger partial charge in [-0.3, -0.25) is 4.79 Å². The Hall–Kier alpha value is -4.03. The van der Waals surface area contributed by atoms with Crippen molar-refractivity contribution in [1.29, 1.82) is 0 Å². The van der Waals surface area contributed by atoms with Crippen LogP contribution in [-0.2, 0) is 11.4 Å². The zero-order valence-corrected chi connectivity index (χ0v) is 17.5. The number of hydrazine groups is 1. The lowest BCUT2D eigenvalue weighted by molar-refractivity contribution is -0.274. The van der Waals surface area contributed by atoms with Gasteiger partial charge in [-0.25, -0.2) is 9.69 Å². The molecule has 0 radical (unpaired) electrons. The third-order valence-corrected chi connectivity index (χ3v) is 4.56. The van der Waals surface area contributed by atoms with Gasteiger partial charge in [0.1, 0.15) is 23.8 Å². The average Bonchev–Trinajstić information content (AvgIpc) is 3.29. The van der Waals surface area contributed by atoms with Crippen molar-refractivity contribution < 1.29 is 32.6 Å². The van der Waals surface area contributed by atoms with Gasteiger partial charge in [0.2, 0.25) is 0 Å². The van der Waals surface area contributed by atoms with E-state index in [4.69, 9.17) is 14.7 Å². The summed E-state index contributed by atoms with van der Waals surface area (Å²) in [5, 5.41) is 14.7. The number of benzene rings is 2. The van der Waals surface area contributed by atoms with Gasteiger partial charge >= 0.3 is 6.36 Å². The molecule has 178 valence electrons. The first kappa shape index (κ1) is 23.1. The van der Waals surface area contributed by atoms with Crippen molar-refractivity contribution in [2.75, 3.05) is 18.2 Å². The Morgan fingerprint density at radius 3 is 2.59 bits per heavy atom. The van der Waals surface area contributed by atoms with E-state index in [0.717, 1.165) is 5.56 Å². The van der Waals surface area contributed by atoms with Crippen LogP contribution >= 0.6 is 0 Å². The van der Waals surface area contributed by atoms with Gasteiger partial charge in [-0.2, -0.15) is 5.10 Å². The zero-order chi connectivity index (χ0) is 24.1. The van der Waals surface area contributed by atoms with Crippen LogP contribution < -0.4 is 25.6 Å². The van der Waals surface area contributed by atoms with Gasteiger partial charge in [0.05, 0.1) is 25.0 Å². The highest BCUT2D eigenvalue weighted by Gasteiger charge is 2.31. The molecule has 2 N–H and O–H groups in total. The molecule has 2 heterocycles. The van der Waals surface area contributed by atoms with Crippen LogP contribution in [0.25, 0.3) is 5.76 Å². The van der Waals surface area contributed by atoms with Gasteiger partial charge in [-0.15, -0.1) is 13.2 Å². The minimum Gasteiger partial charge on any atom is -0.491 e. The summed E-state index contributed by atoms with van der Waals surface area (Å²) in [6.45, 7) is 0.219. The molecule has 0 bridgehead atoms. The smallest absolute Gasteiger partial charge is 0.491 e. The number of rotatable bonds is 8. The van der Waals surface area contributed by atoms with Crippen molar-refractivity contribution >= 4 is 11.4 Å². The van der Waals surface area contributed by atoms with Crippen molar-refractivity contribution in [2.24, 2.45) is 0 Å². The standard InChI is InChI=1S/C22H19F3N4O5/c23-22(24,25)33-17-6-4-16(5-7-17)28-14-20(34-27-28)19-8-9-21(31)29(26-19)13-15-2-1-3-18(12-15)32-11-10-30/h1-9,12,14,27,30H,10-11,13H2. The maximum absolute atomic E-state index is 12.3. The van der Waals surface area contributed by atoms with Crippen LogP contribution in [0, 0.1) is 0 Å². The molecular weight excluding hydrogens is 457 g/mol. The number of anilines is 1. The van der Waals surface area contributed by atoms with E-state index in [9.17, 15) is 18.0 Å². The Morgan fingerprint density at radius 2 is 1.85 bits per heavy atom. The summed E-state index contributed by atoms with van der Waals surface area (Å²) < 4.78 is 47.5. The van der Waals surface area contributed by atoms with Gasteiger partial charge < -0.3 is 19.4 Å². The number of hydrogen-bond acceptors (Lipinski definition) is 8. The fourth-order valence-corrected chi connectivity index (χ4v) is 3.09. The monoisotopic (exact) mass is 476 g/mol. The second-order valence-electron chi connectivity index (χ2n) is 7.03. The molecule has 12 heteroatoms. The summed E-state index contributed by atoms with van der Waals surface area (Å²) in [5.41, 5.74) is 3.90. The van der Waals surface area contributed by atoms with Crippen LogP contribution in [0.15, 0.2) is 71.7 Å². The van der Waals surface area contributed by atoms with Crippen LogP contribution in [0.5, 0.6) is 11.5 Å². The van der Waals surface area contributed by atoms with Crippen molar-refractivity contribution in [2.45, 2.75) is 12.9 Å². The minimum atomic E-state index is -4.77. The van der Waals surface area contributed by atoms with Gasteiger partial charge in [0, 0.05) is 6.07 Å². The Balaban J connectivity index is 1.49. The number of alkyl halides is 3. The van der Waals surface area contributed by atoms with E-state index in [1.165, 1.54) is 46.1 Å². The highest BCUT2D eigenvalue weighted by Crippen LogP contribution is 2.27. The Kier molecular flexibility index (Phi) is 6.70. The van der Waals surface area contributed by atoms with Crippen LogP contribution in [0.4, 0.5) is 18.9 Å². The van der Waals surface area contributed by atoms with Gasteiger partial charge in [-0.05, 0) is 48.0 Å². The number of nitrogens with zero attached hydrogens (tertiary/aromatic N) is 3. The van der Waals surface area contributed by atoms with Crippen LogP contribution in [0.2, 0.25) is 0 Å². The number of aliphatic hydroxyl groups excluding tert-OH is 1. The fourth-order valence-electron chi connectivity index (χ4n) is 3.09. The number of nitrogens with one attached hydrogen (secondary N) is 1. The predicted molar refractivity (Wildman–Crippen MR) is 114 cm³/mol. The van der Waals surface area contributed by atoms with E-state index < -0.39 is 6.36 Å². The molecule has 1 aliphatic heterocycles. The molecule has 4 rings (SSSR count). The molecule has 34 heavy (non-hydrogen) atoms. The Bertz CT molecular complexity index is 1230. The van der Waals surface area contributed by atoms with Crippen LogP contribution in [0.1, 0.15) is 11.3 Å². The van der Waals surface area contributed by atoms with Crippen LogP contribution in [0.3, 0.4) is 0 Å². The summed E-state index contributed by atoms with van der Waals surface area (Å²) in [5.74, 6) is 0.508. The Labute approximate surface area is 191 Å². The van der Waals surface area contributed by atoms with E-state index in [1.807, 2.05) is 6.07 Å². The van der Waals surface area contributed by atoms with Crippen LogP contribution in [-0.4, -0.2) is 34.5 Å². The maximum atomic E-state index is 12.3. The maximum Gasteiger partial charge on any atom is 0.573 e. The zero-order valence-electron chi connectivity index (χ0n) is 17.5. The molecule has 0 saturated carbocycles. The normalized spacial score (nSPS) is 13.4. The molecule has 0 fully saturated rings. The second kappa shape index (κ2) is 9.85. The Morgan fingerprint density at radius 1 is 1.06 bits per heavy atom. The summed E-state index contributed by atoms with van der Waals surface area (Å²) in [4.78, 5) is 17.8. The minimum absolute atomic E-state index is 0.112. The largest absolute Gasteiger partial charge is 0.573 e. The molecule has 0 spiro atoms. The first-order valence-electron chi connectivity index (χ1n) is 10.0. The first-order chi connectivity index (χ1) is 16.3. The highest BCUT2D eigenvalue weighted by atomic mass is 19.4. The average molecular weight is 476 g/mol. The molecule has 0 atom stereocenters. The molecule has 9 nitrogen and oxygen atoms in total. The molecule has 1 aromatic heterocycles. The van der Waals surface area contributed by atoms with E-state index in [2.05, 4.69) is 15.4 Å². The number of hydrogen-bond donors (Lipinski definition) is 2. The van der Waals surface area contributed by atoms with E-state index in [0.29, 0.717) is 22.9 Å². The van der Waals surface area contributed by atoms with E-state index in [-0.39, 0.29) is 31.1 Å². The molecule has 1 aliphatic rings. The lowest BCUT2D eigenvalue weighted by atomic mass is 10.2. The van der Waals surface area contributed by atoms with Gasteiger partial charge in [-0.1, -0.05) is 17.7 Å². The SMILES string of the molecule is O=c1ccc(C2=CN(c3ccc(OC(F)(F)F)cc3)NO2)nn1Cc1cccc(OCCO)c1. The fraction of sp³-hybridized carbons (Fsp3) is 0.182. The van der Waals surface area contributed by atoms with Gasteiger partial charge in [0.15, 0.2) is 5.76 Å². The molecule has 0 unspecified atom stereocenters. The molecule has 0 saturated heterocycles. The van der Waals surface area contributed by atoms with E-state index >= 15 is 0 Å². The van der Waals surface area contributed by atoms with Crippen molar-refractivity contribution in [1.82, 2.24) is 15.4 Å². The highest BCUT2D eigenvalue weighted by molar-refractivity contribution is 5.63. The van der Waals surface area contributed by atoms with Crippen molar-refractivity contribution in [3.05, 3.63) is 88.5 Å². The predicted octanol–water partition coefficient (Wildman–Crippen LogP) is 2.82. The molecule has 0 aliphatic carbocycles. The lowest BCUT2D eigenvalue weighted by Gasteiger charge is -2.14. The second-order valence-corrected chi connectivity index (χ2v) is 7.03. The number of aliphatic hydroxyl groups is 1. The third-order valence-electron chi connectivity index (χ3n) is 4.56. The molecule has 3 aromatic rings. The number of ether oxygens (including phenoxy) is 2. The van der Waals surface area contributed by atoms with Crippen molar-refractivity contribution in [3.8, 4) is 11.5 Å². The first-order valence-corrected chi connectivity index (χ1v) is 10.0. The summed E-state index contributed by atoms with van der Waals surface area (Å²) in [6.07, 6.45) is -3.23. The third kappa shape index (κ3) is 5.85. The quantitative estimate of drug-likeness (QED) is 0.512. The molecular formula is C22H19F3N4O5. The number of halogens is 3. The molecule has 2 aromatic carbocycles. The topological polar surface area (TPSA) is 98.1 Å². The lowest BCUT2D eigenvalue weighted by Crippen LogP contribution is -2.27. The van der Waals surface area contributed by atoms with Crippen molar-refractivity contribution in [3.63, 3.8) is 0 Å². The van der Waals surface area contributed by atoms with Gasteiger partial charge in [0.25, 0.3) is 5.56 Å². The summed E-state index contributed by atoms with van der Waals surface area (Å²) >= 11 is 0. The number of aromatic nitrogens is 2. The van der Waals surface area contributed by atoms with E-state index in [1.54, 1.807) is 24.4 Å².